The van der Waals surface area contributed by atoms with Gasteiger partial charge in [-0.25, -0.2) is 9.37 Å². The van der Waals surface area contributed by atoms with Gasteiger partial charge in [0, 0.05) is 34.8 Å². The van der Waals surface area contributed by atoms with Crippen molar-refractivity contribution in [2.24, 2.45) is 5.92 Å². The molecular formula is C30H27FN8O. The Morgan fingerprint density at radius 2 is 1.80 bits per heavy atom. The smallest absolute Gasteiger partial charge is 0.159 e. The highest BCUT2D eigenvalue weighted by Gasteiger charge is 2.22. The quantitative estimate of drug-likeness (QED) is 0.191. The molecule has 0 spiro atoms. The number of aliphatic hydroxyl groups excluding tert-OH is 1. The molecule has 5 aromatic heterocycles. The van der Waals surface area contributed by atoms with Crippen molar-refractivity contribution in [3.05, 3.63) is 73.2 Å². The van der Waals surface area contributed by atoms with Gasteiger partial charge in [0.1, 0.15) is 17.7 Å². The van der Waals surface area contributed by atoms with Crippen LogP contribution >= 0.6 is 0 Å². The first-order chi connectivity index (χ1) is 19.6. The summed E-state index contributed by atoms with van der Waals surface area (Å²) in [5, 5.41) is 22.4. The van der Waals surface area contributed by atoms with Gasteiger partial charge in [-0.15, -0.1) is 0 Å². The molecule has 0 saturated heterocycles. The lowest BCUT2D eigenvalue weighted by Gasteiger charge is -2.27. The summed E-state index contributed by atoms with van der Waals surface area (Å²) in [6.07, 6.45) is 13.6. The molecule has 0 amide bonds. The van der Waals surface area contributed by atoms with Crippen LogP contribution in [0.3, 0.4) is 0 Å². The summed E-state index contributed by atoms with van der Waals surface area (Å²) in [5.74, 6) is 0.495. The molecule has 1 saturated carbocycles. The molecule has 4 N–H and O–H groups in total. The molecule has 0 aliphatic heterocycles. The molecule has 9 nitrogen and oxygen atoms in total. The van der Waals surface area contributed by atoms with E-state index in [1.54, 1.807) is 37.1 Å². The summed E-state index contributed by atoms with van der Waals surface area (Å²) in [4.78, 5) is 21.5. The summed E-state index contributed by atoms with van der Waals surface area (Å²) in [6.45, 7) is 0. The normalized spacial score (nSPS) is 15.1. The number of anilines is 1. The highest BCUT2D eigenvalue weighted by atomic mass is 19.1. The van der Waals surface area contributed by atoms with Gasteiger partial charge < -0.3 is 15.4 Å². The lowest BCUT2D eigenvalue weighted by Crippen LogP contribution is -2.30. The first kappa shape index (κ1) is 24.3. The van der Waals surface area contributed by atoms with Crippen molar-refractivity contribution in [3.63, 3.8) is 0 Å². The van der Waals surface area contributed by atoms with Gasteiger partial charge in [-0.3, -0.25) is 20.1 Å². The Morgan fingerprint density at radius 1 is 0.925 bits per heavy atom. The molecule has 1 fully saturated rings. The summed E-state index contributed by atoms with van der Waals surface area (Å²) >= 11 is 0. The van der Waals surface area contributed by atoms with Gasteiger partial charge in [-0.1, -0.05) is 31.4 Å². The highest BCUT2D eigenvalue weighted by molar-refractivity contribution is 5.97. The highest BCUT2D eigenvalue weighted by Crippen LogP contribution is 2.33. The lowest BCUT2D eigenvalue weighted by atomic mass is 9.88. The third kappa shape index (κ3) is 4.56. The van der Waals surface area contributed by atoms with Crippen molar-refractivity contribution >= 4 is 27.6 Å². The van der Waals surface area contributed by atoms with Crippen molar-refractivity contribution in [1.29, 1.82) is 0 Å². The van der Waals surface area contributed by atoms with Gasteiger partial charge >= 0.3 is 0 Å². The van der Waals surface area contributed by atoms with Crippen molar-refractivity contribution < 1.29 is 9.50 Å². The van der Waals surface area contributed by atoms with Crippen LogP contribution in [0.2, 0.25) is 0 Å². The van der Waals surface area contributed by atoms with E-state index in [0.29, 0.717) is 22.6 Å². The van der Waals surface area contributed by atoms with E-state index in [0.717, 1.165) is 64.6 Å². The van der Waals surface area contributed by atoms with Gasteiger partial charge in [0.15, 0.2) is 5.82 Å². The molecular weight excluding hydrogens is 507 g/mol. The summed E-state index contributed by atoms with van der Waals surface area (Å²) in [5.41, 5.74) is 6.51. The Balaban J connectivity index is 1.22. The Kier molecular flexibility index (Phi) is 6.16. The maximum absolute atomic E-state index is 13.9. The van der Waals surface area contributed by atoms with Crippen molar-refractivity contribution in [2.45, 2.75) is 38.3 Å². The van der Waals surface area contributed by atoms with E-state index in [9.17, 15) is 9.50 Å². The number of H-pyrrole nitrogens is 2. The topological polar surface area (TPSA) is 128 Å². The number of aromatic amines is 2. The fourth-order valence-corrected chi connectivity index (χ4v) is 5.56. The molecule has 1 unspecified atom stereocenters. The number of nitrogens with zero attached hydrogens (tertiary/aromatic N) is 5. The van der Waals surface area contributed by atoms with Crippen LogP contribution in [0.1, 0.15) is 32.1 Å². The Bertz CT molecular complexity index is 1820. The van der Waals surface area contributed by atoms with Crippen molar-refractivity contribution in [2.75, 3.05) is 5.32 Å². The number of benzene rings is 1. The number of rotatable bonds is 6. The second kappa shape index (κ2) is 10.1. The van der Waals surface area contributed by atoms with Crippen LogP contribution in [0.15, 0.2) is 67.4 Å². The number of hydrogen-bond acceptors (Lipinski definition) is 7. The minimum atomic E-state index is -0.604. The molecule has 200 valence electrons. The zero-order chi connectivity index (χ0) is 27.1. The Morgan fingerprint density at radius 3 is 2.67 bits per heavy atom. The minimum absolute atomic E-state index is 0.251. The SMILES string of the molecule is OC(Nc1cncc(-c2cc3c(-c4nc5c(-c6cccc(F)c6)cncc5[nH]4)n[nH]c3cn2)c1)C1CCCCC1. The van der Waals surface area contributed by atoms with Crippen LogP contribution in [-0.2, 0) is 0 Å². The zero-order valence-electron chi connectivity index (χ0n) is 21.6. The second-order valence-corrected chi connectivity index (χ2v) is 10.3. The molecule has 10 heteroatoms. The summed E-state index contributed by atoms with van der Waals surface area (Å²) in [7, 11) is 0. The predicted molar refractivity (Wildman–Crippen MR) is 152 cm³/mol. The number of aliphatic hydroxyl groups is 1. The average molecular weight is 535 g/mol. The van der Waals surface area contributed by atoms with Gasteiger partial charge in [-0.2, -0.15) is 5.10 Å². The number of fused-ring (bicyclic) bond motifs is 2. The van der Waals surface area contributed by atoms with Crippen molar-refractivity contribution in [1.82, 2.24) is 35.1 Å². The standard InChI is InChI=1S/C30H27FN8O/c31-20-8-4-7-18(9-20)23-14-33-15-26-27(23)37-29(36-26)28-22-11-24(34-16-25(22)38-39-28)19-10-21(13-32-12-19)35-30(40)17-5-2-1-3-6-17/h4,7-17,30,35,40H,1-3,5-6H2,(H,36,37)(H,38,39). The monoisotopic (exact) mass is 534 g/mol. The third-order valence-electron chi connectivity index (χ3n) is 7.65. The van der Waals surface area contributed by atoms with Gasteiger partial charge in [0.05, 0.1) is 46.5 Å². The number of aromatic nitrogens is 7. The Hall–Kier alpha value is -4.70. The largest absolute Gasteiger partial charge is 0.374 e. The van der Waals surface area contributed by atoms with Crippen LogP contribution in [0.5, 0.6) is 0 Å². The molecule has 6 aromatic rings. The van der Waals surface area contributed by atoms with E-state index in [2.05, 4.69) is 35.5 Å². The van der Waals surface area contributed by atoms with Crippen LogP contribution in [-0.4, -0.2) is 46.5 Å². The fourth-order valence-electron chi connectivity index (χ4n) is 5.56. The molecule has 1 aromatic carbocycles. The van der Waals surface area contributed by atoms with Gasteiger partial charge in [-0.05, 0) is 42.7 Å². The van der Waals surface area contributed by atoms with E-state index < -0.39 is 6.23 Å². The van der Waals surface area contributed by atoms with Crippen molar-refractivity contribution in [3.8, 4) is 33.9 Å². The minimum Gasteiger partial charge on any atom is -0.374 e. The zero-order valence-corrected chi connectivity index (χ0v) is 21.6. The third-order valence-corrected chi connectivity index (χ3v) is 7.65. The molecule has 1 aliphatic rings. The maximum Gasteiger partial charge on any atom is 0.159 e. The van der Waals surface area contributed by atoms with E-state index in [1.165, 1.54) is 18.6 Å². The number of hydrogen-bond donors (Lipinski definition) is 4. The number of pyridine rings is 3. The molecule has 7 rings (SSSR count). The number of nitrogens with one attached hydrogen (secondary N) is 3. The van der Waals surface area contributed by atoms with E-state index in [4.69, 9.17) is 4.98 Å². The number of imidazole rings is 1. The first-order valence-electron chi connectivity index (χ1n) is 13.5. The van der Waals surface area contributed by atoms with Crippen LogP contribution in [0, 0.1) is 11.7 Å². The predicted octanol–water partition coefficient (Wildman–Crippen LogP) is 6.07. The summed E-state index contributed by atoms with van der Waals surface area (Å²) in [6, 6.07) is 10.3. The maximum atomic E-state index is 13.9. The molecule has 1 aliphatic carbocycles. The lowest BCUT2D eigenvalue weighted by molar-refractivity contribution is 0.109. The van der Waals surface area contributed by atoms with Crippen LogP contribution in [0.25, 0.3) is 55.8 Å². The van der Waals surface area contributed by atoms with Crippen LogP contribution < -0.4 is 5.32 Å². The molecule has 0 radical (unpaired) electrons. The van der Waals surface area contributed by atoms with Gasteiger partial charge in [0.2, 0.25) is 0 Å². The van der Waals surface area contributed by atoms with E-state index in [-0.39, 0.29) is 11.7 Å². The molecule has 40 heavy (non-hydrogen) atoms. The molecule has 1 atom stereocenters. The number of halogens is 1. The Labute approximate surface area is 229 Å². The fraction of sp³-hybridized carbons (Fsp3) is 0.233. The molecule has 0 bridgehead atoms. The average Bonchev–Trinajstić information content (AvgIpc) is 3.61. The molecule has 5 heterocycles. The van der Waals surface area contributed by atoms with Gasteiger partial charge in [0.25, 0.3) is 0 Å². The summed E-state index contributed by atoms with van der Waals surface area (Å²) < 4.78 is 13.9. The van der Waals surface area contributed by atoms with E-state index >= 15 is 0 Å². The van der Waals surface area contributed by atoms with E-state index in [1.807, 2.05) is 18.2 Å². The first-order valence-corrected chi connectivity index (χ1v) is 13.5. The van der Waals surface area contributed by atoms with Crippen LogP contribution in [0.4, 0.5) is 10.1 Å². The second-order valence-electron chi connectivity index (χ2n) is 10.3.